The van der Waals surface area contributed by atoms with Gasteiger partial charge in [0.25, 0.3) is 0 Å². The lowest BCUT2D eigenvalue weighted by atomic mass is 10.0. The Bertz CT molecular complexity index is 772. The number of halogens is 1. The van der Waals surface area contributed by atoms with Crippen LogP contribution in [0.5, 0.6) is 0 Å². The van der Waals surface area contributed by atoms with Crippen LogP contribution < -0.4 is 10.6 Å². The summed E-state index contributed by atoms with van der Waals surface area (Å²) < 4.78 is 7.50. The fourth-order valence-electron chi connectivity index (χ4n) is 3.39. The van der Waals surface area contributed by atoms with Crippen molar-refractivity contribution in [3.63, 3.8) is 0 Å². The van der Waals surface area contributed by atoms with E-state index in [0.29, 0.717) is 18.5 Å². The third-order valence-electron chi connectivity index (χ3n) is 5.33. The summed E-state index contributed by atoms with van der Waals surface area (Å²) >= 11 is 1.74. The van der Waals surface area contributed by atoms with Crippen LogP contribution in [0, 0.1) is 12.8 Å². The quantitative estimate of drug-likeness (QED) is 0.300. The van der Waals surface area contributed by atoms with Gasteiger partial charge in [0.2, 0.25) is 0 Å². The first kappa shape index (κ1) is 25.0. The van der Waals surface area contributed by atoms with Crippen molar-refractivity contribution in [1.29, 1.82) is 0 Å². The van der Waals surface area contributed by atoms with Gasteiger partial charge in [-0.3, -0.25) is 4.90 Å². The van der Waals surface area contributed by atoms with Crippen molar-refractivity contribution in [1.82, 2.24) is 30.3 Å². The molecule has 10 heteroatoms. The van der Waals surface area contributed by atoms with E-state index in [1.54, 1.807) is 11.3 Å². The Labute approximate surface area is 200 Å². The number of nitrogens with zero attached hydrogens (tertiary/aromatic N) is 5. The normalized spacial score (nSPS) is 16.4. The molecule has 1 saturated heterocycles. The van der Waals surface area contributed by atoms with Crippen molar-refractivity contribution in [2.24, 2.45) is 18.0 Å². The van der Waals surface area contributed by atoms with Crippen LogP contribution in [0.25, 0.3) is 0 Å². The molecule has 2 aromatic rings. The van der Waals surface area contributed by atoms with Crippen molar-refractivity contribution >= 4 is 41.3 Å². The van der Waals surface area contributed by atoms with E-state index in [1.807, 2.05) is 18.5 Å². The molecule has 0 aromatic carbocycles. The van der Waals surface area contributed by atoms with E-state index in [1.165, 1.54) is 4.88 Å². The average Bonchev–Trinajstić information content (AvgIpc) is 3.35. The van der Waals surface area contributed by atoms with Gasteiger partial charge in [-0.25, -0.2) is 4.99 Å². The largest absolute Gasteiger partial charge is 0.379 e. The zero-order valence-corrected chi connectivity index (χ0v) is 21.4. The molecule has 0 radical (unpaired) electrons. The molecule has 0 bridgehead atoms. The molecule has 0 amide bonds. The minimum Gasteiger partial charge on any atom is -0.379 e. The molecular weight excluding hydrogens is 513 g/mol. The van der Waals surface area contributed by atoms with Crippen molar-refractivity contribution in [2.75, 3.05) is 32.8 Å². The summed E-state index contributed by atoms with van der Waals surface area (Å²) in [5, 5.41) is 17.5. The molecule has 1 aliphatic rings. The molecule has 8 nitrogen and oxygen atoms in total. The van der Waals surface area contributed by atoms with E-state index in [9.17, 15) is 0 Å². The predicted octanol–water partition coefficient (Wildman–Crippen LogP) is 2.40. The van der Waals surface area contributed by atoms with Crippen LogP contribution in [0.3, 0.4) is 0 Å². The Kier molecular flexibility index (Phi) is 10.5. The summed E-state index contributed by atoms with van der Waals surface area (Å²) in [6, 6.07) is 4.64. The van der Waals surface area contributed by atoms with Gasteiger partial charge in [0.1, 0.15) is 12.4 Å². The molecule has 2 aromatic heterocycles. The fraction of sp³-hybridized carbons (Fsp3) is 0.650. The van der Waals surface area contributed by atoms with Crippen LogP contribution in [-0.4, -0.2) is 64.5 Å². The molecule has 1 atom stereocenters. The lowest BCUT2D eigenvalue weighted by Gasteiger charge is -2.37. The van der Waals surface area contributed by atoms with Gasteiger partial charge in [-0.05, 0) is 24.3 Å². The van der Waals surface area contributed by atoms with Crippen LogP contribution in [0.1, 0.15) is 30.4 Å². The summed E-state index contributed by atoms with van der Waals surface area (Å²) in [6.07, 6.45) is 0. The van der Waals surface area contributed by atoms with Gasteiger partial charge >= 0.3 is 0 Å². The molecule has 1 fully saturated rings. The smallest absolute Gasteiger partial charge is 0.192 e. The second kappa shape index (κ2) is 12.6. The first-order valence-electron chi connectivity index (χ1n) is 10.3. The van der Waals surface area contributed by atoms with E-state index in [4.69, 9.17) is 9.73 Å². The highest BCUT2D eigenvalue weighted by molar-refractivity contribution is 14.0. The van der Waals surface area contributed by atoms with E-state index >= 15 is 0 Å². The number of hydrogen-bond donors (Lipinski definition) is 2. The summed E-state index contributed by atoms with van der Waals surface area (Å²) in [4.78, 5) is 8.57. The molecular formula is C20H34IN7OS. The Balaban J connectivity index is 0.00000320. The number of aliphatic imine (C=N–C) groups is 1. The van der Waals surface area contributed by atoms with Gasteiger partial charge in [0.05, 0.1) is 19.8 Å². The molecule has 0 spiro atoms. The summed E-state index contributed by atoms with van der Waals surface area (Å²) in [7, 11) is 1.97. The maximum absolute atomic E-state index is 5.52. The van der Waals surface area contributed by atoms with Crippen molar-refractivity contribution in [3.8, 4) is 0 Å². The van der Waals surface area contributed by atoms with Crippen molar-refractivity contribution < 1.29 is 4.74 Å². The number of guanidine groups is 1. The van der Waals surface area contributed by atoms with Gasteiger partial charge in [-0.2, -0.15) is 0 Å². The number of ether oxygens (including phenoxy) is 1. The highest BCUT2D eigenvalue weighted by Crippen LogP contribution is 2.12. The van der Waals surface area contributed by atoms with Crippen molar-refractivity contribution in [2.45, 2.75) is 39.9 Å². The number of nitrogens with one attached hydrogen (secondary N) is 2. The number of hydrogen-bond acceptors (Lipinski definition) is 6. The Hall–Kier alpha value is -1.24. The zero-order chi connectivity index (χ0) is 20.6. The molecule has 1 aliphatic heterocycles. The molecule has 3 heterocycles. The summed E-state index contributed by atoms with van der Waals surface area (Å²) in [5.74, 6) is 3.09. The molecule has 1 unspecified atom stereocenters. The van der Waals surface area contributed by atoms with Gasteiger partial charge in [-0.1, -0.05) is 19.9 Å². The molecule has 0 saturated carbocycles. The average molecular weight is 548 g/mol. The molecule has 168 valence electrons. The van der Waals surface area contributed by atoms with Gasteiger partial charge < -0.3 is 19.9 Å². The standard InChI is InChI=1S/C20H33N7OS.HI/c1-15(2)18(27-7-9-28-10-8-27)13-22-20(21-12-17-6-5-11-29-17)23-14-19-25-24-16(3)26(19)4;/h5-6,11,15,18H,7-10,12-14H2,1-4H3,(H2,21,22,23);1H. The van der Waals surface area contributed by atoms with Crippen LogP contribution in [-0.2, 0) is 24.9 Å². The summed E-state index contributed by atoms with van der Waals surface area (Å²) in [6.45, 7) is 12.2. The fourth-order valence-corrected chi connectivity index (χ4v) is 4.04. The zero-order valence-electron chi connectivity index (χ0n) is 18.3. The first-order chi connectivity index (χ1) is 14.0. The highest BCUT2D eigenvalue weighted by Gasteiger charge is 2.24. The second-order valence-electron chi connectivity index (χ2n) is 7.66. The van der Waals surface area contributed by atoms with Crippen LogP contribution in [0.2, 0.25) is 0 Å². The van der Waals surface area contributed by atoms with E-state index in [0.717, 1.165) is 57.0 Å². The van der Waals surface area contributed by atoms with E-state index in [-0.39, 0.29) is 24.0 Å². The Morgan fingerprint density at radius 1 is 1.27 bits per heavy atom. The minimum atomic E-state index is 0. The van der Waals surface area contributed by atoms with Crippen molar-refractivity contribution in [3.05, 3.63) is 34.0 Å². The first-order valence-corrected chi connectivity index (χ1v) is 11.1. The van der Waals surface area contributed by atoms with Crippen LogP contribution in [0.15, 0.2) is 22.5 Å². The predicted molar refractivity (Wildman–Crippen MR) is 132 cm³/mol. The summed E-state index contributed by atoms with van der Waals surface area (Å²) in [5.41, 5.74) is 0. The van der Waals surface area contributed by atoms with Gasteiger partial charge in [0, 0.05) is 37.6 Å². The molecule has 30 heavy (non-hydrogen) atoms. The Morgan fingerprint density at radius 3 is 2.63 bits per heavy atom. The molecule has 3 rings (SSSR count). The third-order valence-corrected chi connectivity index (χ3v) is 6.21. The van der Waals surface area contributed by atoms with E-state index in [2.05, 4.69) is 57.1 Å². The molecule has 2 N–H and O–H groups in total. The second-order valence-corrected chi connectivity index (χ2v) is 8.69. The number of rotatable bonds is 8. The van der Waals surface area contributed by atoms with Crippen LogP contribution >= 0.6 is 35.3 Å². The SMILES string of the molecule is Cc1nnc(CN=C(NCc2cccs2)NCC(C(C)C)N2CCOCC2)n1C.I. The Morgan fingerprint density at radius 2 is 2.03 bits per heavy atom. The monoisotopic (exact) mass is 547 g/mol. The van der Waals surface area contributed by atoms with Gasteiger partial charge in [0.15, 0.2) is 11.8 Å². The van der Waals surface area contributed by atoms with Gasteiger partial charge in [-0.15, -0.1) is 45.5 Å². The number of aryl methyl sites for hydroxylation is 1. The topological polar surface area (TPSA) is 79.6 Å². The van der Waals surface area contributed by atoms with Crippen LogP contribution in [0.4, 0.5) is 0 Å². The number of aromatic nitrogens is 3. The maximum Gasteiger partial charge on any atom is 0.192 e. The molecule has 0 aliphatic carbocycles. The minimum absolute atomic E-state index is 0. The number of thiophene rings is 1. The maximum atomic E-state index is 5.52. The lowest BCUT2D eigenvalue weighted by Crippen LogP contribution is -2.52. The highest BCUT2D eigenvalue weighted by atomic mass is 127. The van der Waals surface area contributed by atoms with E-state index < -0.39 is 0 Å². The number of morpholine rings is 1. The lowest BCUT2D eigenvalue weighted by molar-refractivity contribution is 0.00752. The third kappa shape index (κ3) is 7.17.